The van der Waals surface area contributed by atoms with E-state index in [0.717, 1.165) is 11.1 Å². The monoisotopic (exact) mass is 313 g/mol. The Morgan fingerprint density at radius 3 is 2.24 bits per heavy atom. The summed E-state index contributed by atoms with van der Waals surface area (Å²) in [5.41, 5.74) is 7.85. The molecule has 7 heteroatoms. The molecule has 4 N–H and O–H groups in total. The first-order valence-corrected chi connectivity index (χ1v) is 8.22. The van der Waals surface area contributed by atoms with Crippen molar-refractivity contribution < 1.29 is 13.2 Å². The summed E-state index contributed by atoms with van der Waals surface area (Å²) >= 11 is 0. The third-order valence-electron chi connectivity index (χ3n) is 3.15. The number of hydrogen-bond donors (Lipinski definition) is 3. The first-order valence-electron chi connectivity index (χ1n) is 6.74. The average molecular weight is 313 g/mol. The Morgan fingerprint density at radius 2 is 1.76 bits per heavy atom. The van der Waals surface area contributed by atoms with Crippen molar-refractivity contribution >= 4 is 21.6 Å². The quantitative estimate of drug-likeness (QED) is 0.708. The molecule has 0 aromatic heterocycles. The Morgan fingerprint density at radius 1 is 1.19 bits per heavy atom. The zero-order chi connectivity index (χ0) is 16.4. The largest absolute Gasteiger partial charge is 0.398 e. The van der Waals surface area contributed by atoms with Crippen LogP contribution in [0.1, 0.15) is 31.9 Å². The van der Waals surface area contributed by atoms with Gasteiger partial charge in [-0.1, -0.05) is 0 Å². The minimum absolute atomic E-state index is 0.0540. The average Bonchev–Trinajstić information content (AvgIpc) is 2.33. The maximum atomic E-state index is 12.3. The normalized spacial score (nSPS) is 13.2. The fraction of sp³-hybridized carbons (Fsp3) is 0.500. The molecule has 6 nitrogen and oxygen atoms in total. The zero-order valence-corrected chi connectivity index (χ0v) is 13.8. The van der Waals surface area contributed by atoms with Gasteiger partial charge in [-0.25, -0.2) is 8.42 Å². The van der Waals surface area contributed by atoms with Crippen molar-refractivity contribution in [2.75, 3.05) is 5.73 Å². The van der Waals surface area contributed by atoms with Crippen molar-refractivity contribution in [2.45, 2.75) is 51.6 Å². The molecule has 1 unspecified atom stereocenters. The molecule has 0 saturated heterocycles. The molecule has 0 aliphatic heterocycles. The minimum Gasteiger partial charge on any atom is -0.398 e. The molecule has 0 bridgehead atoms. The number of hydrogen-bond acceptors (Lipinski definition) is 4. The van der Waals surface area contributed by atoms with Gasteiger partial charge >= 0.3 is 0 Å². The van der Waals surface area contributed by atoms with Crippen molar-refractivity contribution in [1.29, 1.82) is 0 Å². The number of rotatable bonds is 5. The molecule has 1 aromatic rings. The van der Waals surface area contributed by atoms with Crippen LogP contribution in [-0.4, -0.2) is 26.4 Å². The number of carbonyl (C=O) groups is 1. The van der Waals surface area contributed by atoms with Gasteiger partial charge < -0.3 is 11.1 Å². The van der Waals surface area contributed by atoms with Crippen LogP contribution in [0.25, 0.3) is 0 Å². The van der Waals surface area contributed by atoms with Gasteiger partial charge in [0.25, 0.3) is 0 Å². The predicted octanol–water partition coefficient (Wildman–Crippen LogP) is 1.08. The highest BCUT2D eigenvalue weighted by Crippen LogP contribution is 2.21. The van der Waals surface area contributed by atoms with Crippen molar-refractivity contribution in [3.05, 3.63) is 23.3 Å². The number of nitrogen functional groups attached to an aromatic ring is 1. The first-order chi connectivity index (χ1) is 9.54. The van der Waals surface area contributed by atoms with Crippen molar-refractivity contribution in [3.8, 4) is 0 Å². The van der Waals surface area contributed by atoms with Gasteiger partial charge in [-0.3, -0.25) is 4.79 Å². The van der Waals surface area contributed by atoms with E-state index in [0.29, 0.717) is 5.69 Å². The minimum atomic E-state index is -3.79. The molecule has 0 aliphatic rings. The molecule has 1 atom stereocenters. The second kappa shape index (κ2) is 6.44. The summed E-state index contributed by atoms with van der Waals surface area (Å²) in [5.74, 6) is -0.370. The van der Waals surface area contributed by atoms with Crippen LogP contribution in [0.15, 0.2) is 17.0 Å². The van der Waals surface area contributed by atoms with Gasteiger partial charge in [-0.05, 0) is 57.9 Å². The number of anilines is 1. The Bertz CT molecular complexity index is 616. The highest BCUT2D eigenvalue weighted by Gasteiger charge is 2.23. The van der Waals surface area contributed by atoms with E-state index in [4.69, 9.17) is 5.73 Å². The van der Waals surface area contributed by atoms with E-state index in [9.17, 15) is 13.2 Å². The number of amides is 1. The Labute approximate surface area is 126 Å². The Balaban J connectivity index is 2.99. The number of nitrogens with one attached hydrogen (secondary N) is 2. The molecule has 118 valence electrons. The predicted molar refractivity (Wildman–Crippen MR) is 83.4 cm³/mol. The summed E-state index contributed by atoms with van der Waals surface area (Å²) in [5, 5.41) is 2.66. The summed E-state index contributed by atoms with van der Waals surface area (Å²) in [6.45, 7) is 8.73. The van der Waals surface area contributed by atoms with Gasteiger partial charge in [0.15, 0.2) is 0 Å². The zero-order valence-electron chi connectivity index (χ0n) is 13.0. The van der Waals surface area contributed by atoms with Crippen LogP contribution in [0.4, 0.5) is 5.69 Å². The molecule has 0 spiro atoms. The lowest BCUT2D eigenvalue weighted by atomic mass is 10.1. The third kappa shape index (κ3) is 4.44. The molecule has 0 saturated carbocycles. The molecule has 21 heavy (non-hydrogen) atoms. The number of benzene rings is 1. The van der Waals surface area contributed by atoms with E-state index >= 15 is 0 Å². The van der Waals surface area contributed by atoms with Crippen molar-refractivity contribution in [2.24, 2.45) is 0 Å². The molecule has 1 amide bonds. The van der Waals surface area contributed by atoms with Crippen molar-refractivity contribution in [3.63, 3.8) is 0 Å². The fourth-order valence-electron chi connectivity index (χ4n) is 1.77. The van der Waals surface area contributed by atoms with Gasteiger partial charge in [0.1, 0.15) is 0 Å². The summed E-state index contributed by atoms with van der Waals surface area (Å²) in [6.07, 6.45) is 0. The Hall–Kier alpha value is -1.60. The van der Waals surface area contributed by atoms with E-state index in [1.807, 2.05) is 20.8 Å². The number of aryl methyl sites for hydroxylation is 1. The van der Waals surface area contributed by atoms with E-state index in [1.54, 1.807) is 13.0 Å². The third-order valence-corrected chi connectivity index (χ3v) is 4.67. The molecule has 0 heterocycles. The maximum Gasteiger partial charge on any atom is 0.241 e. The highest BCUT2D eigenvalue weighted by atomic mass is 32.2. The van der Waals surface area contributed by atoms with Crippen LogP contribution in [0.3, 0.4) is 0 Å². The number of carbonyl (C=O) groups excluding carboxylic acids is 1. The van der Waals surface area contributed by atoms with Crippen LogP contribution in [0.2, 0.25) is 0 Å². The fourth-order valence-corrected chi connectivity index (χ4v) is 3.09. The lowest BCUT2D eigenvalue weighted by Gasteiger charge is -2.17. The lowest BCUT2D eigenvalue weighted by molar-refractivity contribution is -0.122. The molecule has 0 aliphatic carbocycles. The lowest BCUT2D eigenvalue weighted by Crippen LogP contribution is -2.46. The molecular weight excluding hydrogens is 290 g/mol. The van der Waals surface area contributed by atoms with Gasteiger partial charge in [0, 0.05) is 11.7 Å². The smallest absolute Gasteiger partial charge is 0.241 e. The van der Waals surface area contributed by atoms with E-state index in [1.165, 1.54) is 13.0 Å². The Kier molecular flexibility index (Phi) is 5.36. The van der Waals surface area contributed by atoms with E-state index in [-0.39, 0.29) is 16.8 Å². The number of nitrogens with two attached hydrogens (primary N) is 1. The van der Waals surface area contributed by atoms with E-state index < -0.39 is 16.1 Å². The summed E-state index contributed by atoms with van der Waals surface area (Å²) in [7, 11) is -3.79. The van der Waals surface area contributed by atoms with Gasteiger partial charge in [0.05, 0.1) is 10.9 Å². The van der Waals surface area contributed by atoms with E-state index in [2.05, 4.69) is 10.0 Å². The molecular formula is C14H23N3O3S. The topological polar surface area (TPSA) is 101 Å². The van der Waals surface area contributed by atoms with Crippen LogP contribution in [0.5, 0.6) is 0 Å². The SMILES string of the molecule is Cc1cc(S(=O)(=O)NC(C)C(=O)NC(C)C)cc(N)c1C. The summed E-state index contributed by atoms with van der Waals surface area (Å²) in [4.78, 5) is 11.9. The first kappa shape index (κ1) is 17.5. The number of sulfonamides is 1. The van der Waals surface area contributed by atoms with Crippen LogP contribution in [-0.2, 0) is 14.8 Å². The second-order valence-electron chi connectivity index (χ2n) is 5.46. The van der Waals surface area contributed by atoms with Crippen LogP contribution in [0, 0.1) is 13.8 Å². The molecule has 1 aromatic carbocycles. The molecule has 0 radical (unpaired) electrons. The summed E-state index contributed by atoms with van der Waals surface area (Å²) in [6, 6.07) is 2.03. The maximum absolute atomic E-state index is 12.3. The van der Waals surface area contributed by atoms with Gasteiger partial charge in [0.2, 0.25) is 15.9 Å². The highest BCUT2D eigenvalue weighted by molar-refractivity contribution is 7.89. The summed E-state index contributed by atoms with van der Waals surface area (Å²) < 4.78 is 27.0. The molecule has 1 rings (SSSR count). The van der Waals surface area contributed by atoms with Gasteiger partial charge in [-0.2, -0.15) is 4.72 Å². The van der Waals surface area contributed by atoms with Crippen LogP contribution >= 0.6 is 0 Å². The van der Waals surface area contributed by atoms with Gasteiger partial charge in [-0.15, -0.1) is 0 Å². The molecule has 0 fully saturated rings. The van der Waals surface area contributed by atoms with Crippen molar-refractivity contribution in [1.82, 2.24) is 10.0 Å². The van der Waals surface area contributed by atoms with Crippen LogP contribution < -0.4 is 15.8 Å². The second-order valence-corrected chi connectivity index (χ2v) is 7.17. The standard InChI is InChI=1S/C14H23N3O3S/c1-8(2)16-14(18)11(5)17-21(19,20)12-6-9(3)10(4)13(15)7-12/h6-8,11,17H,15H2,1-5H3,(H,16,18).